The number of nitrogens with zero attached hydrogens (tertiary/aromatic N) is 2. The molecule has 1 saturated heterocycles. The van der Waals surface area contributed by atoms with E-state index in [1.54, 1.807) is 10.9 Å². The molecular formula is C9H15N3O2S. The molecule has 0 amide bonds. The summed E-state index contributed by atoms with van der Waals surface area (Å²) in [5, 5.41) is 7.37. The highest BCUT2D eigenvalue weighted by atomic mass is 32.2. The molecule has 0 saturated carbocycles. The molecule has 84 valence electrons. The van der Waals surface area contributed by atoms with Crippen LogP contribution in [0.15, 0.2) is 17.3 Å². The fourth-order valence-corrected chi connectivity index (χ4v) is 2.31. The molecule has 1 atom stereocenters. The van der Waals surface area contributed by atoms with Gasteiger partial charge >= 0.3 is 0 Å². The minimum atomic E-state index is -3.12. The van der Waals surface area contributed by atoms with Crippen LogP contribution in [0, 0.1) is 0 Å². The van der Waals surface area contributed by atoms with Crippen molar-refractivity contribution in [2.45, 2.75) is 23.8 Å². The molecule has 0 aliphatic carbocycles. The largest absolute Gasteiger partial charge is 0.315 e. The zero-order chi connectivity index (χ0) is 10.9. The smallest absolute Gasteiger partial charge is 0.178 e. The molecule has 1 fully saturated rings. The molecule has 1 aromatic heterocycles. The highest BCUT2D eigenvalue weighted by Gasteiger charge is 2.17. The highest BCUT2D eigenvalue weighted by Crippen LogP contribution is 2.17. The van der Waals surface area contributed by atoms with E-state index in [0.29, 0.717) is 4.90 Å². The zero-order valence-corrected chi connectivity index (χ0v) is 9.50. The van der Waals surface area contributed by atoms with Crippen molar-refractivity contribution >= 4 is 9.84 Å². The van der Waals surface area contributed by atoms with Crippen LogP contribution >= 0.6 is 0 Å². The van der Waals surface area contributed by atoms with E-state index in [9.17, 15) is 8.42 Å². The second kappa shape index (κ2) is 3.94. The Hall–Kier alpha value is -0.880. The van der Waals surface area contributed by atoms with E-state index in [2.05, 4.69) is 10.4 Å². The number of nitrogens with one attached hydrogen (secondary N) is 1. The Bertz CT molecular complexity index is 432. The van der Waals surface area contributed by atoms with E-state index in [-0.39, 0.29) is 6.04 Å². The van der Waals surface area contributed by atoms with E-state index >= 15 is 0 Å². The van der Waals surface area contributed by atoms with E-state index < -0.39 is 9.84 Å². The molecule has 2 heterocycles. The van der Waals surface area contributed by atoms with Crippen molar-refractivity contribution in [3.8, 4) is 0 Å². The third kappa shape index (κ3) is 2.38. The molecule has 2 rings (SSSR count). The van der Waals surface area contributed by atoms with Crippen molar-refractivity contribution in [1.82, 2.24) is 15.1 Å². The van der Waals surface area contributed by atoms with Gasteiger partial charge in [0, 0.05) is 19.0 Å². The van der Waals surface area contributed by atoms with Crippen molar-refractivity contribution in [2.75, 3.05) is 19.3 Å². The maximum atomic E-state index is 11.3. The van der Waals surface area contributed by atoms with E-state index in [1.165, 1.54) is 12.5 Å². The molecule has 1 aromatic rings. The van der Waals surface area contributed by atoms with Gasteiger partial charge in [0.25, 0.3) is 0 Å². The fourth-order valence-electron chi connectivity index (χ4n) is 1.77. The Kier molecular flexibility index (Phi) is 2.79. The predicted octanol–water partition coefficient (Wildman–Crippen LogP) is 0.211. The summed E-state index contributed by atoms with van der Waals surface area (Å²) in [5.74, 6) is 0. The summed E-state index contributed by atoms with van der Waals surface area (Å²) in [7, 11) is -3.12. The first-order valence-corrected chi connectivity index (χ1v) is 6.91. The van der Waals surface area contributed by atoms with Gasteiger partial charge < -0.3 is 5.32 Å². The predicted molar refractivity (Wildman–Crippen MR) is 56.5 cm³/mol. The molecule has 0 aromatic carbocycles. The minimum absolute atomic E-state index is 0.286. The van der Waals surface area contributed by atoms with Crippen molar-refractivity contribution in [1.29, 1.82) is 0 Å². The lowest BCUT2D eigenvalue weighted by Crippen LogP contribution is -2.31. The van der Waals surface area contributed by atoms with Crippen molar-refractivity contribution in [3.63, 3.8) is 0 Å². The third-order valence-electron chi connectivity index (χ3n) is 2.65. The summed E-state index contributed by atoms with van der Waals surface area (Å²) in [6.45, 7) is 1.90. The first-order valence-electron chi connectivity index (χ1n) is 5.02. The lowest BCUT2D eigenvalue weighted by molar-refractivity contribution is 0.346. The van der Waals surface area contributed by atoms with Crippen LogP contribution in [-0.4, -0.2) is 37.5 Å². The monoisotopic (exact) mass is 229 g/mol. The van der Waals surface area contributed by atoms with Crippen LogP contribution in [-0.2, 0) is 9.84 Å². The quantitative estimate of drug-likeness (QED) is 0.787. The summed E-state index contributed by atoms with van der Waals surface area (Å²) in [6, 6.07) is 0.286. The lowest BCUT2D eigenvalue weighted by atomic mass is 10.1. The molecule has 1 N–H and O–H groups in total. The Labute approximate surface area is 89.4 Å². The van der Waals surface area contributed by atoms with Crippen molar-refractivity contribution < 1.29 is 8.42 Å². The van der Waals surface area contributed by atoms with Crippen LogP contribution in [0.25, 0.3) is 0 Å². The first kappa shape index (κ1) is 10.6. The van der Waals surface area contributed by atoms with Gasteiger partial charge in [-0.25, -0.2) is 8.42 Å². The molecule has 0 bridgehead atoms. The van der Waals surface area contributed by atoms with Crippen LogP contribution < -0.4 is 5.32 Å². The summed E-state index contributed by atoms with van der Waals surface area (Å²) >= 11 is 0. The molecule has 15 heavy (non-hydrogen) atoms. The van der Waals surface area contributed by atoms with E-state index in [0.717, 1.165) is 25.9 Å². The van der Waals surface area contributed by atoms with Crippen LogP contribution in [0.2, 0.25) is 0 Å². The van der Waals surface area contributed by atoms with Gasteiger partial charge in [0.05, 0.1) is 12.2 Å². The molecule has 1 aliphatic rings. The Morgan fingerprint density at radius 3 is 2.93 bits per heavy atom. The average Bonchev–Trinajstić information content (AvgIpc) is 2.67. The number of hydrogen-bond donors (Lipinski definition) is 1. The standard InChI is InChI=1S/C9H15N3O2S/c1-15(13,14)9-6-11-12(7-9)8-3-2-4-10-5-8/h6-8,10H,2-5H2,1H3. The number of hydrogen-bond acceptors (Lipinski definition) is 4. The molecule has 6 heteroatoms. The topological polar surface area (TPSA) is 64.0 Å². The average molecular weight is 229 g/mol. The summed E-state index contributed by atoms with van der Waals surface area (Å²) in [5.41, 5.74) is 0. The zero-order valence-electron chi connectivity index (χ0n) is 8.68. The van der Waals surface area contributed by atoms with Crippen molar-refractivity contribution in [2.24, 2.45) is 0 Å². The van der Waals surface area contributed by atoms with Gasteiger partial charge in [0.15, 0.2) is 9.84 Å². The Morgan fingerprint density at radius 2 is 2.40 bits per heavy atom. The fraction of sp³-hybridized carbons (Fsp3) is 0.667. The molecule has 1 aliphatic heterocycles. The first-order chi connectivity index (χ1) is 7.07. The van der Waals surface area contributed by atoms with Crippen molar-refractivity contribution in [3.05, 3.63) is 12.4 Å². The van der Waals surface area contributed by atoms with Crippen LogP contribution in [0.5, 0.6) is 0 Å². The molecule has 1 unspecified atom stereocenters. The summed E-state index contributed by atoms with van der Waals surface area (Å²) in [4.78, 5) is 0.299. The highest BCUT2D eigenvalue weighted by molar-refractivity contribution is 7.90. The number of aromatic nitrogens is 2. The van der Waals surface area contributed by atoms with Crippen LogP contribution in [0.4, 0.5) is 0 Å². The summed E-state index contributed by atoms with van der Waals surface area (Å²) < 4.78 is 24.3. The second-order valence-electron chi connectivity index (χ2n) is 3.93. The second-order valence-corrected chi connectivity index (χ2v) is 5.94. The van der Waals surface area contributed by atoms with E-state index in [4.69, 9.17) is 0 Å². The minimum Gasteiger partial charge on any atom is -0.315 e. The van der Waals surface area contributed by atoms with Gasteiger partial charge in [-0.1, -0.05) is 0 Å². The lowest BCUT2D eigenvalue weighted by Gasteiger charge is -2.22. The third-order valence-corrected chi connectivity index (χ3v) is 3.72. The molecule has 5 nitrogen and oxygen atoms in total. The van der Waals surface area contributed by atoms with Gasteiger partial charge in [0.2, 0.25) is 0 Å². The maximum Gasteiger partial charge on any atom is 0.178 e. The van der Waals surface area contributed by atoms with Gasteiger partial charge in [-0.2, -0.15) is 5.10 Å². The maximum absolute atomic E-state index is 11.3. The molecular weight excluding hydrogens is 214 g/mol. The Balaban J connectivity index is 2.19. The van der Waals surface area contributed by atoms with Crippen LogP contribution in [0.1, 0.15) is 18.9 Å². The molecule has 0 radical (unpaired) electrons. The number of sulfone groups is 1. The summed E-state index contributed by atoms with van der Waals surface area (Å²) in [6.07, 6.45) is 6.40. The van der Waals surface area contributed by atoms with E-state index in [1.807, 2.05) is 0 Å². The van der Waals surface area contributed by atoms with Crippen LogP contribution in [0.3, 0.4) is 0 Å². The number of rotatable bonds is 2. The Morgan fingerprint density at radius 1 is 1.60 bits per heavy atom. The SMILES string of the molecule is CS(=O)(=O)c1cnn(C2CCCNC2)c1. The van der Waals surface area contributed by atoms with Gasteiger partial charge in [-0.3, -0.25) is 4.68 Å². The van der Waals surface area contributed by atoms with Gasteiger partial charge in [-0.05, 0) is 19.4 Å². The van der Waals surface area contributed by atoms with Gasteiger partial charge in [0.1, 0.15) is 4.90 Å². The van der Waals surface area contributed by atoms with Gasteiger partial charge in [-0.15, -0.1) is 0 Å². The molecule has 0 spiro atoms. The normalized spacial score (nSPS) is 22.9. The number of piperidine rings is 1.